The highest BCUT2D eigenvalue weighted by molar-refractivity contribution is 7.47. The summed E-state index contributed by atoms with van der Waals surface area (Å²) in [7, 11) is 1.50. The van der Waals surface area contributed by atoms with Gasteiger partial charge in [-0.15, -0.1) is 0 Å². The summed E-state index contributed by atoms with van der Waals surface area (Å²) in [6.07, 6.45) is 61.3. The minimum absolute atomic E-state index is 0.0418. The fourth-order valence-corrected chi connectivity index (χ4v) is 9.59. The van der Waals surface area contributed by atoms with Crippen LogP contribution in [0.5, 0.6) is 0 Å². The van der Waals surface area contributed by atoms with Crippen molar-refractivity contribution in [3.05, 3.63) is 36.5 Å². The van der Waals surface area contributed by atoms with Crippen LogP contribution in [0.25, 0.3) is 0 Å². The van der Waals surface area contributed by atoms with Gasteiger partial charge in [-0.2, -0.15) is 0 Å². The van der Waals surface area contributed by atoms with Gasteiger partial charge >= 0.3 is 13.8 Å². The SMILES string of the molecule is CCCCC/C=C\C/C=C\CCCCCCCCCCCC(=O)OC(/C=C/CCCCCCCCCCC)C(COP(=O)(O)OCC[N+](C)(C)C)NC(=O)CCCCCCCCCCCCCCCCC. The largest absolute Gasteiger partial charge is 0.472 e. The Hall–Kier alpha value is -1.77. The standard InChI is InChI=1S/C61H117N2O7P/c1-7-10-13-16-19-22-25-27-29-30-31-32-34-36-39-42-45-48-51-54-61(65)70-59(52-49-46-43-40-37-24-21-18-15-12-9-3)58(57-69-71(66,67)68-56-55-63(4,5)6)62-60(64)53-50-47-44-41-38-35-33-28-26-23-20-17-14-11-8-2/h19,22,27,29,49,52,58-59H,7-18,20-21,23-26,28,30-48,50-51,53-57H2,1-6H3,(H-,62,64,66,67)/p+1/b22-19-,29-27-,52-49+. The van der Waals surface area contributed by atoms with Crippen LogP contribution in [0.4, 0.5) is 0 Å². The number of amides is 1. The molecule has 1 amide bonds. The van der Waals surface area contributed by atoms with Crippen LogP contribution >= 0.6 is 7.82 Å². The summed E-state index contributed by atoms with van der Waals surface area (Å²) >= 11 is 0. The molecule has 0 aromatic heterocycles. The lowest BCUT2D eigenvalue weighted by atomic mass is 10.0. The number of rotatable bonds is 55. The molecule has 0 aliphatic carbocycles. The number of hydrogen-bond donors (Lipinski definition) is 2. The minimum atomic E-state index is -4.44. The molecular weight excluding hydrogens is 904 g/mol. The van der Waals surface area contributed by atoms with Crippen molar-refractivity contribution in [2.45, 2.75) is 303 Å². The Morgan fingerprint density at radius 1 is 0.493 bits per heavy atom. The lowest BCUT2D eigenvalue weighted by Gasteiger charge is -2.27. The maximum absolute atomic E-state index is 13.5. The molecular formula is C61H118N2O7P+. The Labute approximate surface area is 440 Å². The van der Waals surface area contributed by atoms with Crippen LogP contribution in [0.3, 0.4) is 0 Å². The molecule has 0 spiro atoms. The van der Waals surface area contributed by atoms with E-state index in [9.17, 15) is 19.0 Å². The van der Waals surface area contributed by atoms with Crippen molar-refractivity contribution in [2.24, 2.45) is 0 Å². The van der Waals surface area contributed by atoms with Crippen LogP contribution < -0.4 is 5.32 Å². The van der Waals surface area contributed by atoms with E-state index < -0.39 is 20.0 Å². The van der Waals surface area contributed by atoms with E-state index in [0.29, 0.717) is 17.4 Å². The summed E-state index contributed by atoms with van der Waals surface area (Å²) in [6.45, 7) is 7.01. The van der Waals surface area contributed by atoms with Crippen molar-refractivity contribution in [2.75, 3.05) is 40.9 Å². The van der Waals surface area contributed by atoms with Crippen LogP contribution in [0.2, 0.25) is 0 Å². The Balaban J connectivity index is 5.23. The van der Waals surface area contributed by atoms with E-state index in [-0.39, 0.29) is 31.5 Å². The summed E-state index contributed by atoms with van der Waals surface area (Å²) in [4.78, 5) is 37.6. The number of allylic oxidation sites excluding steroid dienone is 5. The number of nitrogens with one attached hydrogen (secondary N) is 1. The third-order valence-corrected chi connectivity index (χ3v) is 14.6. The van der Waals surface area contributed by atoms with Crippen LogP contribution in [0.15, 0.2) is 36.5 Å². The smallest absolute Gasteiger partial charge is 0.456 e. The number of phosphoric ester groups is 1. The van der Waals surface area contributed by atoms with Crippen LogP contribution in [-0.4, -0.2) is 74.3 Å². The maximum Gasteiger partial charge on any atom is 0.472 e. The predicted octanol–water partition coefficient (Wildman–Crippen LogP) is 18.3. The topological polar surface area (TPSA) is 111 Å². The number of phosphoric acid groups is 1. The second-order valence-electron chi connectivity index (χ2n) is 21.9. The normalized spacial score (nSPS) is 14.0. The molecule has 9 nitrogen and oxygen atoms in total. The van der Waals surface area contributed by atoms with E-state index >= 15 is 0 Å². The zero-order valence-corrected chi connectivity index (χ0v) is 48.6. The number of unbranched alkanes of at least 4 members (excludes halogenated alkanes) is 35. The van der Waals surface area contributed by atoms with E-state index in [4.69, 9.17) is 13.8 Å². The first kappa shape index (κ1) is 69.2. The van der Waals surface area contributed by atoms with Gasteiger partial charge in [0.15, 0.2) is 0 Å². The fourth-order valence-electron chi connectivity index (χ4n) is 8.85. The summed E-state index contributed by atoms with van der Waals surface area (Å²) < 4.78 is 30.6. The molecule has 0 bridgehead atoms. The highest BCUT2D eigenvalue weighted by Crippen LogP contribution is 2.43. The van der Waals surface area contributed by atoms with Crippen LogP contribution in [0, 0.1) is 0 Å². The lowest BCUT2D eigenvalue weighted by Crippen LogP contribution is -2.47. The Bertz CT molecular complexity index is 1310. The van der Waals surface area contributed by atoms with E-state index in [2.05, 4.69) is 50.4 Å². The van der Waals surface area contributed by atoms with Crippen LogP contribution in [-0.2, 0) is 27.9 Å². The Morgan fingerprint density at radius 3 is 1.30 bits per heavy atom. The second kappa shape index (κ2) is 51.7. The van der Waals surface area contributed by atoms with Crippen molar-refractivity contribution in [1.82, 2.24) is 5.32 Å². The monoisotopic (exact) mass is 1020 g/mol. The predicted molar refractivity (Wildman–Crippen MR) is 305 cm³/mol. The molecule has 71 heavy (non-hydrogen) atoms. The molecule has 2 N–H and O–H groups in total. The molecule has 0 heterocycles. The zero-order chi connectivity index (χ0) is 52.2. The molecule has 0 aliphatic heterocycles. The van der Waals surface area contributed by atoms with E-state index in [1.54, 1.807) is 0 Å². The number of likely N-dealkylation sites (N-methyl/N-ethyl adjacent to an activating group) is 1. The van der Waals surface area contributed by atoms with Gasteiger partial charge in [0.2, 0.25) is 5.91 Å². The van der Waals surface area contributed by atoms with Crippen molar-refractivity contribution in [3.63, 3.8) is 0 Å². The molecule has 10 heteroatoms. The molecule has 0 aromatic rings. The molecule has 0 aliphatic rings. The number of hydrogen-bond acceptors (Lipinski definition) is 6. The number of carbonyl (C=O) groups is 2. The van der Waals surface area contributed by atoms with E-state index in [1.165, 1.54) is 193 Å². The number of esters is 1. The Morgan fingerprint density at radius 2 is 0.859 bits per heavy atom. The van der Waals surface area contributed by atoms with Gasteiger partial charge in [0.25, 0.3) is 0 Å². The molecule has 3 atom stereocenters. The van der Waals surface area contributed by atoms with Crippen molar-refractivity contribution >= 4 is 19.7 Å². The molecule has 0 saturated carbocycles. The molecule has 0 rings (SSSR count). The quantitative estimate of drug-likeness (QED) is 0.0205. The summed E-state index contributed by atoms with van der Waals surface area (Å²) in [5.41, 5.74) is 0. The van der Waals surface area contributed by atoms with Crippen molar-refractivity contribution < 1.29 is 37.3 Å². The van der Waals surface area contributed by atoms with E-state index in [0.717, 1.165) is 64.2 Å². The molecule has 0 saturated heterocycles. The molecule has 3 unspecified atom stereocenters. The van der Waals surface area contributed by atoms with Gasteiger partial charge in [0.05, 0.1) is 33.8 Å². The molecule has 0 aromatic carbocycles. The first-order valence-corrected chi connectivity index (χ1v) is 31.8. The first-order valence-electron chi connectivity index (χ1n) is 30.3. The van der Waals surface area contributed by atoms with Gasteiger partial charge in [0.1, 0.15) is 19.3 Å². The third-order valence-electron chi connectivity index (χ3n) is 13.6. The highest BCUT2D eigenvalue weighted by Gasteiger charge is 2.30. The lowest BCUT2D eigenvalue weighted by molar-refractivity contribution is -0.870. The average molecular weight is 1020 g/mol. The number of nitrogens with zero attached hydrogens (tertiary/aromatic N) is 1. The van der Waals surface area contributed by atoms with Crippen molar-refractivity contribution in [3.8, 4) is 0 Å². The third kappa shape index (κ3) is 52.9. The first-order chi connectivity index (χ1) is 34.4. The van der Waals surface area contributed by atoms with Gasteiger partial charge in [-0.3, -0.25) is 18.6 Å². The number of ether oxygens (including phenoxy) is 1. The molecule has 0 radical (unpaired) electrons. The van der Waals surface area contributed by atoms with Gasteiger partial charge in [0, 0.05) is 12.8 Å². The van der Waals surface area contributed by atoms with E-state index in [1.807, 2.05) is 33.3 Å². The number of quaternary nitrogens is 1. The average Bonchev–Trinajstić information content (AvgIpc) is 3.33. The minimum Gasteiger partial charge on any atom is -0.456 e. The zero-order valence-electron chi connectivity index (χ0n) is 47.7. The summed E-state index contributed by atoms with van der Waals surface area (Å²) in [5, 5.41) is 3.05. The van der Waals surface area contributed by atoms with Gasteiger partial charge < -0.3 is 19.4 Å². The summed E-state index contributed by atoms with van der Waals surface area (Å²) in [5.74, 6) is -0.499. The molecule has 418 valence electrons. The highest BCUT2D eigenvalue weighted by atomic mass is 31.2. The van der Waals surface area contributed by atoms with Gasteiger partial charge in [-0.05, 0) is 63.9 Å². The van der Waals surface area contributed by atoms with Gasteiger partial charge in [-0.1, -0.05) is 250 Å². The number of carbonyl (C=O) groups excluding carboxylic acids is 2. The Kier molecular flexibility index (Phi) is 50.4. The maximum atomic E-state index is 13.5. The molecule has 0 fully saturated rings. The fraction of sp³-hybridized carbons (Fsp3) is 0.869. The van der Waals surface area contributed by atoms with Gasteiger partial charge in [-0.25, -0.2) is 4.57 Å². The van der Waals surface area contributed by atoms with Crippen LogP contribution in [0.1, 0.15) is 290 Å². The summed E-state index contributed by atoms with van der Waals surface area (Å²) in [6, 6.07) is -0.845. The second-order valence-corrected chi connectivity index (χ2v) is 23.3. The van der Waals surface area contributed by atoms with Crippen molar-refractivity contribution in [1.29, 1.82) is 0 Å².